The molecule has 1 aromatic carbocycles. The van der Waals surface area contributed by atoms with E-state index in [9.17, 15) is 24.0 Å². The van der Waals surface area contributed by atoms with Crippen molar-refractivity contribution in [2.75, 3.05) is 172 Å². The van der Waals surface area contributed by atoms with E-state index in [2.05, 4.69) is 15.6 Å². The molecule has 23 heteroatoms. The van der Waals surface area contributed by atoms with E-state index in [4.69, 9.17) is 62.7 Å². The van der Waals surface area contributed by atoms with Crippen LogP contribution < -0.4 is 16.4 Å². The van der Waals surface area contributed by atoms with Crippen molar-refractivity contribution in [3.63, 3.8) is 0 Å². The molecule has 1 aromatic rings. The predicted octanol–water partition coefficient (Wildman–Crippen LogP) is 2.13. The molecule has 2 heterocycles. The van der Waals surface area contributed by atoms with Gasteiger partial charge in [0, 0.05) is 62.3 Å². The first kappa shape index (κ1) is 61.4. The number of carbonyl (C=O) groups is 5. The number of nitrogens with one attached hydrogen (secondary N) is 2. The Bertz CT molecular complexity index is 1750. The van der Waals surface area contributed by atoms with E-state index in [0.29, 0.717) is 188 Å². The highest BCUT2D eigenvalue weighted by atomic mass is 16.7. The van der Waals surface area contributed by atoms with Gasteiger partial charge in [0.1, 0.15) is 12.4 Å². The molecule has 2 aliphatic heterocycles. The zero-order valence-electron chi connectivity index (χ0n) is 42.0. The molecule has 0 aromatic heterocycles. The molecule has 0 saturated carbocycles. The lowest BCUT2D eigenvalue weighted by Crippen LogP contribution is -2.37. The number of rotatable bonds is 46. The van der Waals surface area contributed by atoms with E-state index in [1.807, 2.05) is 31.2 Å². The van der Waals surface area contributed by atoms with Gasteiger partial charge in [-0.2, -0.15) is 0 Å². The number of fused-ring (bicyclic) bond motifs is 1. The first-order chi connectivity index (χ1) is 35.3. The Kier molecular flexibility index (Phi) is 35.4. The Morgan fingerprint density at radius 1 is 0.611 bits per heavy atom. The SMILES string of the molecule is CCCN(OCCNC(=O)OCCOCCOCCOCCOCCOCCOCCOCCOCCOCCOCCNC(=O)CCCCCN1C(=O)C=CC1=O)C(=O)C1=Cc2ccccc2N=C(N)C1. The number of imide groups is 1. The maximum Gasteiger partial charge on any atom is 0.407 e. The average Bonchev–Trinajstić information content (AvgIpc) is 3.58. The molecular formula is C49H78N6O17. The molecule has 0 aliphatic carbocycles. The highest BCUT2D eigenvalue weighted by Gasteiger charge is 2.23. The van der Waals surface area contributed by atoms with Crippen LogP contribution in [0.25, 0.3) is 6.08 Å². The Labute approximate surface area is 423 Å². The molecule has 23 nitrogen and oxygen atoms in total. The Morgan fingerprint density at radius 3 is 1.60 bits per heavy atom. The monoisotopic (exact) mass is 1020 g/mol. The summed E-state index contributed by atoms with van der Waals surface area (Å²) in [4.78, 5) is 71.6. The van der Waals surface area contributed by atoms with Crippen LogP contribution >= 0.6 is 0 Å². The number of amides is 5. The quantitative estimate of drug-likeness (QED) is 0.0480. The third-order valence-corrected chi connectivity index (χ3v) is 10.0. The van der Waals surface area contributed by atoms with Gasteiger partial charge in [-0.05, 0) is 31.4 Å². The number of nitrogens with two attached hydrogens (primary N) is 1. The molecule has 72 heavy (non-hydrogen) atoms. The van der Waals surface area contributed by atoms with Crippen LogP contribution in [-0.2, 0) is 76.1 Å². The second kappa shape index (κ2) is 41.5. The number of carbonyl (C=O) groups excluding carboxylic acids is 5. The fourth-order valence-corrected chi connectivity index (χ4v) is 6.43. The summed E-state index contributed by atoms with van der Waals surface area (Å²) in [5.74, 6) is -0.571. The third kappa shape index (κ3) is 30.2. The highest BCUT2D eigenvalue weighted by Crippen LogP contribution is 2.27. The zero-order valence-corrected chi connectivity index (χ0v) is 42.0. The van der Waals surface area contributed by atoms with Crippen LogP contribution in [0.1, 0.15) is 51.0 Å². The number of hydrogen-bond donors (Lipinski definition) is 3. The number of benzene rings is 1. The van der Waals surface area contributed by atoms with Crippen LogP contribution in [-0.4, -0.2) is 217 Å². The maximum absolute atomic E-state index is 13.3. The van der Waals surface area contributed by atoms with Crippen molar-refractivity contribution in [2.24, 2.45) is 10.7 Å². The minimum Gasteiger partial charge on any atom is -0.447 e. The Balaban J connectivity index is 0.943. The first-order valence-electron chi connectivity index (χ1n) is 24.8. The standard InChI is InChI=1S/C49H78N6O17/c1-2-15-55(48(59)42-39-41-8-5-6-9-43(41)53-44(50)40-42)72-18-14-52-49(60)71-38-37-70-36-35-69-34-33-68-32-31-67-30-29-66-28-27-65-26-25-64-24-23-63-22-21-62-20-19-61-17-13-51-45(56)10-4-3-7-16-54-46(57)11-12-47(54)58/h5-6,8-9,11-12,39H,2-4,7,10,13-38,40H2,1H3,(H2,50,53)(H,51,56)(H,52,60). The van der Waals surface area contributed by atoms with Gasteiger partial charge in [0.2, 0.25) is 5.91 Å². The number of hydroxylamine groups is 2. The van der Waals surface area contributed by atoms with Gasteiger partial charge in [0.05, 0.1) is 144 Å². The summed E-state index contributed by atoms with van der Waals surface area (Å²) in [6.07, 6.45) is 7.09. The molecule has 0 fully saturated rings. The van der Waals surface area contributed by atoms with Gasteiger partial charge in [0.15, 0.2) is 0 Å². The minimum absolute atomic E-state index is 0.0522. The van der Waals surface area contributed by atoms with Crippen LogP contribution in [0.2, 0.25) is 0 Å². The third-order valence-electron chi connectivity index (χ3n) is 10.0. The first-order valence-corrected chi connectivity index (χ1v) is 24.8. The van der Waals surface area contributed by atoms with Crippen molar-refractivity contribution in [3.05, 3.63) is 47.6 Å². The molecule has 3 rings (SSSR count). The Hall–Kier alpha value is -4.92. The molecule has 4 N–H and O–H groups in total. The van der Waals surface area contributed by atoms with Crippen molar-refractivity contribution in [3.8, 4) is 0 Å². The summed E-state index contributed by atoms with van der Waals surface area (Å²) in [6.45, 7) is 11.7. The summed E-state index contributed by atoms with van der Waals surface area (Å²) in [6, 6.07) is 7.45. The fraction of sp³-hybridized carbons (Fsp3) is 0.673. The normalized spacial score (nSPS) is 13.2. The Morgan fingerprint density at radius 2 is 1.08 bits per heavy atom. The van der Waals surface area contributed by atoms with E-state index < -0.39 is 6.09 Å². The number of ether oxygens (including phenoxy) is 11. The van der Waals surface area contributed by atoms with Crippen LogP contribution in [0, 0.1) is 0 Å². The second-order valence-electron chi connectivity index (χ2n) is 15.8. The molecule has 5 amide bonds. The van der Waals surface area contributed by atoms with Crippen molar-refractivity contribution >= 4 is 47.3 Å². The zero-order chi connectivity index (χ0) is 51.5. The van der Waals surface area contributed by atoms with Crippen LogP contribution in [0.4, 0.5) is 10.5 Å². The van der Waals surface area contributed by atoms with Crippen LogP contribution in [0.5, 0.6) is 0 Å². The van der Waals surface area contributed by atoms with E-state index in [1.54, 1.807) is 6.08 Å². The number of alkyl carbamates (subject to hydrolysis) is 1. The summed E-state index contributed by atoms with van der Waals surface area (Å²) in [5.41, 5.74) is 8.04. The van der Waals surface area contributed by atoms with Gasteiger partial charge < -0.3 is 68.5 Å². The highest BCUT2D eigenvalue weighted by molar-refractivity contribution is 6.12. The van der Waals surface area contributed by atoms with Crippen molar-refractivity contribution in [2.45, 2.75) is 45.4 Å². The maximum atomic E-state index is 13.3. The number of hydrogen-bond acceptors (Lipinski definition) is 19. The number of nitrogens with zero attached hydrogens (tertiary/aromatic N) is 3. The van der Waals surface area contributed by atoms with Gasteiger partial charge >= 0.3 is 6.09 Å². The second-order valence-corrected chi connectivity index (χ2v) is 15.8. The molecule has 0 bridgehead atoms. The van der Waals surface area contributed by atoms with Gasteiger partial charge in [0.25, 0.3) is 17.7 Å². The molecule has 406 valence electrons. The summed E-state index contributed by atoms with van der Waals surface area (Å²) in [7, 11) is 0. The predicted molar refractivity (Wildman–Crippen MR) is 263 cm³/mol. The number of aliphatic imine (C=N–C) groups is 1. The average molecular weight is 1020 g/mol. The van der Waals surface area contributed by atoms with E-state index in [1.165, 1.54) is 22.1 Å². The van der Waals surface area contributed by atoms with E-state index >= 15 is 0 Å². The van der Waals surface area contributed by atoms with Gasteiger partial charge in [-0.25, -0.2) is 14.9 Å². The lowest BCUT2D eigenvalue weighted by atomic mass is 10.1. The molecule has 0 unspecified atom stereocenters. The minimum atomic E-state index is -0.620. The molecule has 2 aliphatic rings. The number of para-hydroxylation sites is 1. The number of amidine groups is 1. The van der Waals surface area contributed by atoms with Crippen LogP contribution in [0.3, 0.4) is 0 Å². The van der Waals surface area contributed by atoms with Crippen molar-refractivity contribution < 1.29 is 80.9 Å². The van der Waals surface area contributed by atoms with Gasteiger partial charge in [-0.3, -0.25) is 28.9 Å². The smallest absolute Gasteiger partial charge is 0.407 e. The summed E-state index contributed by atoms with van der Waals surface area (Å²) < 4.78 is 60.0. The molecule has 0 atom stereocenters. The summed E-state index contributed by atoms with van der Waals surface area (Å²) >= 11 is 0. The lowest BCUT2D eigenvalue weighted by Gasteiger charge is -2.22. The van der Waals surface area contributed by atoms with Gasteiger partial charge in [-0.15, -0.1) is 0 Å². The largest absolute Gasteiger partial charge is 0.447 e. The van der Waals surface area contributed by atoms with Crippen LogP contribution in [0.15, 0.2) is 47.0 Å². The van der Waals surface area contributed by atoms with E-state index in [0.717, 1.165) is 12.0 Å². The van der Waals surface area contributed by atoms with Crippen molar-refractivity contribution in [1.82, 2.24) is 20.6 Å². The van der Waals surface area contributed by atoms with Gasteiger partial charge in [-0.1, -0.05) is 31.5 Å². The molecule has 0 spiro atoms. The molecule has 0 radical (unpaired) electrons. The lowest BCUT2D eigenvalue weighted by molar-refractivity contribution is -0.181. The fourth-order valence-electron chi connectivity index (χ4n) is 6.43. The van der Waals surface area contributed by atoms with E-state index in [-0.39, 0.29) is 56.4 Å². The topological polar surface area (TPSA) is 265 Å². The summed E-state index contributed by atoms with van der Waals surface area (Å²) in [5, 5.41) is 6.69. The molecule has 0 saturated heterocycles. The molecular weight excluding hydrogens is 945 g/mol. The van der Waals surface area contributed by atoms with Crippen molar-refractivity contribution in [1.29, 1.82) is 0 Å². The number of unbranched alkanes of at least 4 members (excludes halogenated alkanes) is 2.